The molecule has 2 nitrogen and oxygen atoms in total. The SMILES string of the molecule is CCCC1=CC(=O)C=C(C(C)CCC)C1=O. The maximum atomic E-state index is 12.1. The predicted octanol–water partition coefficient (Wildman–Crippen LogP) is 3.23. The molecule has 1 aliphatic carbocycles. The van der Waals surface area contributed by atoms with Crippen molar-refractivity contribution >= 4 is 11.6 Å². The van der Waals surface area contributed by atoms with Gasteiger partial charge in [0.05, 0.1) is 0 Å². The van der Waals surface area contributed by atoms with E-state index >= 15 is 0 Å². The monoisotopic (exact) mass is 220 g/mol. The number of ketones is 2. The minimum absolute atomic E-state index is 0.0268. The quantitative estimate of drug-likeness (QED) is 0.667. The fourth-order valence-corrected chi connectivity index (χ4v) is 2.09. The van der Waals surface area contributed by atoms with Crippen molar-refractivity contribution in [3.63, 3.8) is 0 Å². The summed E-state index contributed by atoms with van der Waals surface area (Å²) in [6.07, 6.45) is 6.62. The van der Waals surface area contributed by atoms with Crippen molar-refractivity contribution in [3.05, 3.63) is 23.3 Å². The van der Waals surface area contributed by atoms with Gasteiger partial charge in [-0.1, -0.05) is 33.6 Å². The zero-order valence-corrected chi connectivity index (χ0v) is 10.4. The highest BCUT2D eigenvalue weighted by Gasteiger charge is 2.24. The first-order valence-electron chi connectivity index (χ1n) is 6.10. The molecule has 1 rings (SSSR count). The maximum absolute atomic E-state index is 12.1. The van der Waals surface area contributed by atoms with Gasteiger partial charge in [0.2, 0.25) is 0 Å². The second kappa shape index (κ2) is 5.78. The summed E-state index contributed by atoms with van der Waals surface area (Å²) >= 11 is 0. The van der Waals surface area contributed by atoms with Gasteiger partial charge in [0.25, 0.3) is 0 Å². The summed E-state index contributed by atoms with van der Waals surface area (Å²) in [6.45, 7) is 6.14. The van der Waals surface area contributed by atoms with E-state index in [1.807, 2.05) is 13.8 Å². The fraction of sp³-hybridized carbons (Fsp3) is 0.571. The number of carbonyl (C=O) groups is 2. The van der Waals surface area contributed by atoms with Gasteiger partial charge < -0.3 is 0 Å². The second-order valence-corrected chi connectivity index (χ2v) is 4.44. The van der Waals surface area contributed by atoms with E-state index in [1.165, 1.54) is 12.2 Å². The molecule has 88 valence electrons. The molecule has 0 saturated carbocycles. The molecule has 0 amide bonds. The van der Waals surface area contributed by atoms with Crippen molar-refractivity contribution < 1.29 is 9.59 Å². The highest BCUT2D eigenvalue weighted by atomic mass is 16.1. The lowest BCUT2D eigenvalue weighted by Crippen LogP contribution is -2.19. The Morgan fingerprint density at radius 2 is 1.81 bits per heavy atom. The topological polar surface area (TPSA) is 34.1 Å². The molecule has 0 spiro atoms. The van der Waals surface area contributed by atoms with Crippen LogP contribution in [0.3, 0.4) is 0 Å². The van der Waals surface area contributed by atoms with E-state index < -0.39 is 0 Å². The summed E-state index contributed by atoms with van der Waals surface area (Å²) in [5, 5.41) is 0. The van der Waals surface area contributed by atoms with Gasteiger partial charge in [-0.2, -0.15) is 0 Å². The first-order valence-corrected chi connectivity index (χ1v) is 6.10. The minimum atomic E-state index is -0.0268. The van der Waals surface area contributed by atoms with E-state index in [9.17, 15) is 9.59 Å². The van der Waals surface area contributed by atoms with Crippen LogP contribution in [0.25, 0.3) is 0 Å². The van der Waals surface area contributed by atoms with Gasteiger partial charge >= 0.3 is 0 Å². The zero-order valence-electron chi connectivity index (χ0n) is 10.4. The highest BCUT2D eigenvalue weighted by molar-refractivity contribution is 6.20. The molecule has 1 atom stereocenters. The van der Waals surface area contributed by atoms with Crippen molar-refractivity contribution in [2.24, 2.45) is 5.92 Å². The molecule has 16 heavy (non-hydrogen) atoms. The van der Waals surface area contributed by atoms with E-state index in [0.29, 0.717) is 17.6 Å². The van der Waals surface area contributed by atoms with Crippen LogP contribution < -0.4 is 0 Å². The van der Waals surface area contributed by atoms with Crippen LogP contribution >= 0.6 is 0 Å². The molecule has 2 heteroatoms. The summed E-state index contributed by atoms with van der Waals surface area (Å²) in [5.74, 6) is 0.255. The number of hydrogen-bond donors (Lipinski definition) is 0. The van der Waals surface area contributed by atoms with Crippen molar-refractivity contribution in [1.29, 1.82) is 0 Å². The zero-order chi connectivity index (χ0) is 12.1. The summed E-state index contributed by atoms with van der Waals surface area (Å²) < 4.78 is 0. The Hall–Kier alpha value is -1.18. The van der Waals surface area contributed by atoms with Crippen LogP contribution in [-0.2, 0) is 9.59 Å². The van der Waals surface area contributed by atoms with Gasteiger partial charge in [-0.05, 0) is 30.9 Å². The Labute approximate surface area is 97.4 Å². The third-order valence-corrected chi connectivity index (χ3v) is 2.94. The van der Waals surface area contributed by atoms with Crippen molar-refractivity contribution in [2.75, 3.05) is 0 Å². The van der Waals surface area contributed by atoms with E-state index in [-0.39, 0.29) is 17.5 Å². The normalized spacial score (nSPS) is 18.2. The predicted molar refractivity (Wildman–Crippen MR) is 65.2 cm³/mol. The molecule has 0 aromatic carbocycles. The van der Waals surface area contributed by atoms with Crippen LogP contribution in [0.5, 0.6) is 0 Å². The summed E-state index contributed by atoms with van der Waals surface area (Å²) in [5.41, 5.74) is 1.39. The van der Waals surface area contributed by atoms with Crippen molar-refractivity contribution in [2.45, 2.75) is 46.5 Å². The van der Waals surface area contributed by atoms with Gasteiger partial charge in [-0.15, -0.1) is 0 Å². The third-order valence-electron chi connectivity index (χ3n) is 2.94. The first kappa shape index (κ1) is 12.9. The van der Waals surface area contributed by atoms with Gasteiger partial charge in [0.15, 0.2) is 11.6 Å². The lowest BCUT2D eigenvalue weighted by molar-refractivity contribution is -0.115. The van der Waals surface area contributed by atoms with Crippen LogP contribution in [0, 0.1) is 5.92 Å². The number of allylic oxidation sites excluding steroid dienone is 4. The number of Topliss-reactive ketones (excluding diaryl/α,β-unsaturated/α-hetero) is 1. The average molecular weight is 220 g/mol. The Balaban J connectivity index is 2.87. The molecule has 0 bridgehead atoms. The number of rotatable bonds is 5. The average Bonchev–Trinajstić information content (AvgIpc) is 2.23. The standard InChI is InChI=1S/C14H20O2/c1-4-6-10(3)13-9-12(15)8-11(7-5-2)14(13)16/h8-10H,4-7H2,1-3H3. The maximum Gasteiger partial charge on any atom is 0.185 e. The fourth-order valence-electron chi connectivity index (χ4n) is 2.09. The lowest BCUT2D eigenvalue weighted by atomic mass is 9.84. The molecule has 0 saturated heterocycles. The van der Waals surface area contributed by atoms with E-state index in [1.54, 1.807) is 0 Å². The molecular weight excluding hydrogens is 200 g/mol. The van der Waals surface area contributed by atoms with Crippen LogP contribution in [0.2, 0.25) is 0 Å². The Bertz CT molecular complexity index is 348. The van der Waals surface area contributed by atoms with Gasteiger partial charge in [-0.3, -0.25) is 9.59 Å². The van der Waals surface area contributed by atoms with Gasteiger partial charge in [0.1, 0.15) is 0 Å². The summed E-state index contributed by atoms with van der Waals surface area (Å²) in [7, 11) is 0. The molecular formula is C14H20O2. The number of carbonyl (C=O) groups excluding carboxylic acids is 2. The minimum Gasteiger partial charge on any atom is -0.290 e. The van der Waals surface area contributed by atoms with Crippen LogP contribution in [0.15, 0.2) is 23.3 Å². The van der Waals surface area contributed by atoms with E-state index in [4.69, 9.17) is 0 Å². The van der Waals surface area contributed by atoms with E-state index in [2.05, 4.69) is 6.92 Å². The Kier molecular flexibility index (Phi) is 4.66. The largest absolute Gasteiger partial charge is 0.290 e. The van der Waals surface area contributed by atoms with Crippen molar-refractivity contribution in [1.82, 2.24) is 0 Å². The van der Waals surface area contributed by atoms with Crippen molar-refractivity contribution in [3.8, 4) is 0 Å². The molecule has 0 aliphatic heterocycles. The highest BCUT2D eigenvalue weighted by Crippen LogP contribution is 2.25. The Morgan fingerprint density at radius 1 is 1.12 bits per heavy atom. The first-order chi connectivity index (χ1) is 7.60. The Morgan fingerprint density at radius 3 is 2.38 bits per heavy atom. The smallest absolute Gasteiger partial charge is 0.185 e. The van der Waals surface area contributed by atoms with Gasteiger partial charge in [0, 0.05) is 11.1 Å². The second-order valence-electron chi connectivity index (χ2n) is 4.44. The molecule has 0 aromatic heterocycles. The van der Waals surface area contributed by atoms with Crippen LogP contribution in [0.1, 0.15) is 46.5 Å². The molecule has 0 aromatic rings. The van der Waals surface area contributed by atoms with Crippen LogP contribution in [-0.4, -0.2) is 11.6 Å². The van der Waals surface area contributed by atoms with Crippen LogP contribution in [0.4, 0.5) is 0 Å². The number of hydrogen-bond acceptors (Lipinski definition) is 2. The molecule has 1 unspecified atom stereocenters. The molecule has 0 radical (unpaired) electrons. The molecule has 1 aliphatic rings. The third kappa shape index (κ3) is 2.91. The lowest BCUT2D eigenvalue weighted by Gasteiger charge is -2.18. The molecule has 0 N–H and O–H groups in total. The molecule has 0 fully saturated rings. The molecule has 0 heterocycles. The summed E-state index contributed by atoms with van der Waals surface area (Å²) in [4.78, 5) is 23.6. The van der Waals surface area contributed by atoms with Gasteiger partial charge in [-0.25, -0.2) is 0 Å². The van der Waals surface area contributed by atoms with E-state index in [0.717, 1.165) is 19.3 Å². The summed E-state index contributed by atoms with van der Waals surface area (Å²) in [6, 6.07) is 0.